The maximum atomic E-state index is 11.7. The number of hydrogen-bond donors (Lipinski definition) is 3. The van der Waals surface area contributed by atoms with Crippen LogP contribution in [-0.2, 0) is 19.3 Å². The van der Waals surface area contributed by atoms with Gasteiger partial charge in [0.05, 0.1) is 14.8 Å². The van der Waals surface area contributed by atoms with Crippen molar-refractivity contribution in [3.8, 4) is 17.2 Å². The van der Waals surface area contributed by atoms with Crippen molar-refractivity contribution in [3.05, 3.63) is 100 Å². The molecule has 230 valence electrons. The van der Waals surface area contributed by atoms with E-state index < -0.39 is 20.7 Å². The average Bonchev–Trinajstić information content (AvgIpc) is 2.90. The van der Waals surface area contributed by atoms with Gasteiger partial charge in [-0.25, -0.2) is 0 Å². The average molecular weight is 596 g/mol. The Labute approximate surface area is 249 Å². The molecule has 0 unspecified atom stereocenters. The molecule has 0 saturated carbocycles. The SMILES string of the molecule is CC(C)c1cc([N+](=O)[O-])cc(CC(Cc2cc([N+](=O)[O-])cc(C(C)C)c2O)Cc2cc([N+](=O)[O-])cc(C(C)C)c2O)c1O. The third-order valence-corrected chi connectivity index (χ3v) is 7.63. The largest absolute Gasteiger partial charge is 0.507 e. The third-order valence-electron chi connectivity index (χ3n) is 7.63. The van der Waals surface area contributed by atoms with Crippen LogP contribution in [-0.4, -0.2) is 30.1 Å². The summed E-state index contributed by atoms with van der Waals surface area (Å²) in [7, 11) is 0. The predicted octanol–water partition coefficient (Wildman–Crippen LogP) is 7.54. The lowest BCUT2D eigenvalue weighted by atomic mass is 9.83. The van der Waals surface area contributed by atoms with Crippen LogP contribution < -0.4 is 0 Å². The number of benzene rings is 3. The van der Waals surface area contributed by atoms with Crippen LogP contribution in [0.25, 0.3) is 0 Å². The van der Waals surface area contributed by atoms with E-state index in [1.807, 2.05) is 0 Å². The lowest BCUT2D eigenvalue weighted by molar-refractivity contribution is -0.385. The molecule has 0 atom stereocenters. The van der Waals surface area contributed by atoms with E-state index in [9.17, 15) is 45.7 Å². The highest BCUT2D eigenvalue weighted by atomic mass is 16.6. The molecule has 0 spiro atoms. The number of hydrogen-bond acceptors (Lipinski definition) is 9. The van der Waals surface area contributed by atoms with E-state index >= 15 is 0 Å². The zero-order valence-electron chi connectivity index (χ0n) is 25.0. The molecular weight excluding hydrogens is 558 g/mol. The molecule has 12 heteroatoms. The summed E-state index contributed by atoms with van der Waals surface area (Å²) in [6, 6.07) is 7.69. The number of aromatic hydroxyl groups is 3. The summed E-state index contributed by atoms with van der Waals surface area (Å²) in [5.41, 5.74) is 1.14. The maximum Gasteiger partial charge on any atom is 0.270 e. The van der Waals surface area contributed by atoms with Gasteiger partial charge in [0.25, 0.3) is 17.1 Å². The molecule has 0 radical (unpaired) electrons. The number of nitro benzene ring substituents is 3. The van der Waals surface area contributed by atoms with Crippen LogP contribution in [0.4, 0.5) is 17.1 Å². The Balaban J connectivity index is 2.24. The third kappa shape index (κ3) is 7.37. The van der Waals surface area contributed by atoms with Crippen molar-refractivity contribution in [2.24, 2.45) is 5.92 Å². The van der Waals surface area contributed by atoms with E-state index in [2.05, 4.69) is 0 Å². The van der Waals surface area contributed by atoms with Crippen molar-refractivity contribution in [1.29, 1.82) is 0 Å². The second-order valence-electron chi connectivity index (χ2n) is 11.8. The molecule has 3 N–H and O–H groups in total. The van der Waals surface area contributed by atoms with Gasteiger partial charge in [-0.3, -0.25) is 30.3 Å². The molecule has 0 aliphatic carbocycles. The molecule has 0 heterocycles. The molecule has 0 amide bonds. The second kappa shape index (κ2) is 13.1. The second-order valence-corrected chi connectivity index (χ2v) is 11.8. The monoisotopic (exact) mass is 595 g/mol. The molecule has 3 aromatic carbocycles. The van der Waals surface area contributed by atoms with Gasteiger partial charge in [0, 0.05) is 69.8 Å². The Bertz CT molecular complexity index is 1380. The van der Waals surface area contributed by atoms with Crippen LogP contribution in [0.15, 0.2) is 36.4 Å². The topological polar surface area (TPSA) is 190 Å². The minimum Gasteiger partial charge on any atom is -0.507 e. The van der Waals surface area contributed by atoms with Gasteiger partial charge in [-0.05, 0) is 42.9 Å². The van der Waals surface area contributed by atoms with Gasteiger partial charge in [0.15, 0.2) is 0 Å². The van der Waals surface area contributed by atoms with Gasteiger partial charge in [-0.1, -0.05) is 41.5 Å². The molecule has 3 rings (SSSR count). The standard InChI is InChI=1S/C31H37N3O9/c1-16(2)26-13-23(32(38)39)10-20(29(26)35)7-19(8-21-11-24(33(40)41)14-27(17(3)4)30(21)36)9-22-12-25(34(42)43)15-28(18(5)6)31(22)37/h10-19,35-37H,7-9H2,1-6H3. The van der Waals surface area contributed by atoms with E-state index in [0.29, 0.717) is 16.7 Å². The van der Waals surface area contributed by atoms with Crippen LogP contribution in [0, 0.1) is 36.3 Å². The van der Waals surface area contributed by atoms with Crippen LogP contribution in [0.5, 0.6) is 17.2 Å². The first-order chi connectivity index (χ1) is 20.0. The first-order valence-electron chi connectivity index (χ1n) is 14.0. The van der Waals surface area contributed by atoms with Gasteiger partial charge < -0.3 is 15.3 Å². The smallest absolute Gasteiger partial charge is 0.270 e. The molecule has 12 nitrogen and oxygen atoms in total. The van der Waals surface area contributed by atoms with Crippen molar-refractivity contribution < 1.29 is 30.1 Å². The van der Waals surface area contributed by atoms with Crippen molar-refractivity contribution in [1.82, 2.24) is 0 Å². The van der Waals surface area contributed by atoms with Crippen molar-refractivity contribution in [2.45, 2.75) is 78.6 Å². The highest BCUT2D eigenvalue weighted by molar-refractivity contribution is 5.54. The summed E-state index contributed by atoms with van der Waals surface area (Å²) in [4.78, 5) is 33.5. The first kappa shape index (κ1) is 32.8. The minimum absolute atomic E-state index is 0.00548. The summed E-state index contributed by atoms with van der Waals surface area (Å²) in [6.07, 6.45) is 0.0164. The van der Waals surface area contributed by atoms with Gasteiger partial charge in [-0.2, -0.15) is 0 Å². The van der Waals surface area contributed by atoms with Crippen molar-refractivity contribution in [3.63, 3.8) is 0 Å². The Morgan fingerprint density at radius 3 is 0.930 bits per heavy atom. The molecule has 43 heavy (non-hydrogen) atoms. The lowest BCUT2D eigenvalue weighted by Crippen LogP contribution is -2.14. The van der Waals surface area contributed by atoms with Gasteiger partial charge >= 0.3 is 0 Å². The summed E-state index contributed by atoms with van der Waals surface area (Å²) < 4.78 is 0. The predicted molar refractivity (Wildman–Crippen MR) is 161 cm³/mol. The van der Waals surface area contributed by atoms with Crippen LogP contribution in [0.2, 0.25) is 0 Å². The maximum absolute atomic E-state index is 11.7. The summed E-state index contributed by atoms with van der Waals surface area (Å²) >= 11 is 0. The number of non-ortho nitro benzene ring substituents is 3. The fourth-order valence-corrected chi connectivity index (χ4v) is 5.36. The molecule has 0 bridgehead atoms. The Morgan fingerprint density at radius 1 is 0.512 bits per heavy atom. The van der Waals surface area contributed by atoms with Crippen molar-refractivity contribution >= 4 is 17.1 Å². The van der Waals surface area contributed by atoms with E-state index in [1.165, 1.54) is 36.4 Å². The molecule has 3 aromatic rings. The Morgan fingerprint density at radius 2 is 0.744 bits per heavy atom. The van der Waals surface area contributed by atoms with Gasteiger partial charge in [0.2, 0.25) is 0 Å². The lowest BCUT2D eigenvalue weighted by Gasteiger charge is -2.22. The fourth-order valence-electron chi connectivity index (χ4n) is 5.36. The highest BCUT2D eigenvalue weighted by Gasteiger charge is 2.27. The van der Waals surface area contributed by atoms with E-state index in [-0.39, 0.29) is 88.0 Å². The minimum atomic E-state index is -0.617. The van der Waals surface area contributed by atoms with Crippen LogP contribution in [0.1, 0.15) is 92.7 Å². The van der Waals surface area contributed by atoms with Gasteiger partial charge in [-0.15, -0.1) is 0 Å². The quantitative estimate of drug-likeness (QED) is 0.140. The first-order valence-corrected chi connectivity index (χ1v) is 14.0. The molecule has 0 saturated heterocycles. The number of rotatable bonds is 12. The molecule has 0 aromatic heterocycles. The molecule has 0 aliphatic rings. The number of nitrogens with zero attached hydrogens (tertiary/aromatic N) is 3. The Hall–Kier alpha value is -4.74. The van der Waals surface area contributed by atoms with Crippen molar-refractivity contribution in [2.75, 3.05) is 0 Å². The zero-order chi connectivity index (χ0) is 32.3. The van der Waals surface area contributed by atoms with Gasteiger partial charge in [0.1, 0.15) is 17.2 Å². The molecular formula is C31H37N3O9. The number of phenolic OH excluding ortho intramolecular Hbond substituents is 3. The van der Waals surface area contributed by atoms with E-state index in [1.54, 1.807) is 41.5 Å². The number of phenols is 3. The molecule has 0 fully saturated rings. The summed E-state index contributed by atoms with van der Waals surface area (Å²) in [5.74, 6) is -1.77. The van der Waals surface area contributed by atoms with E-state index in [0.717, 1.165) is 0 Å². The Kier molecular flexibility index (Phi) is 9.95. The van der Waals surface area contributed by atoms with Crippen LogP contribution in [0.3, 0.4) is 0 Å². The van der Waals surface area contributed by atoms with Crippen LogP contribution >= 0.6 is 0 Å². The fraction of sp³-hybridized carbons (Fsp3) is 0.419. The zero-order valence-corrected chi connectivity index (χ0v) is 25.0. The molecule has 0 aliphatic heterocycles. The summed E-state index contributed by atoms with van der Waals surface area (Å²) in [6.45, 7) is 10.7. The van der Waals surface area contributed by atoms with E-state index in [4.69, 9.17) is 0 Å². The highest BCUT2D eigenvalue weighted by Crippen LogP contribution is 2.40. The number of nitro groups is 3. The normalized spacial score (nSPS) is 11.6. The summed E-state index contributed by atoms with van der Waals surface area (Å²) in [5, 5.41) is 68.6.